The molecule has 0 radical (unpaired) electrons. The van der Waals surface area contributed by atoms with Crippen LogP contribution in [0.5, 0.6) is 0 Å². The summed E-state index contributed by atoms with van der Waals surface area (Å²) in [6.07, 6.45) is 3.49. The highest BCUT2D eigenvalue weighted by molar-refractivity contribution is 8.13. The number of carbonyl (C=O) groups excluding carboxylic acids is 1. The maximum atomic E-state index is 12.2. The van der Waals surface area contributed by atoms with Crippen LogP contribution in [0.2, 0.25) is 0 Å². The number of aliphatic imine (C=N–C) groups is 1. The van der Waals surface area contributed by atoms with Crippen molar-refractivity contribution in [3.8, 4) is 0 Å². The standard InChI is InChI=1S/C19H35N3O3S/c1-4-24-18(23)17(6-5-13-26-19-20-9-10-21-19)25-14-16-7-11-22(12-8-16)15(2)3/h15-17H,4-14H2,1-3H3,(H,20,21). The summed E-state index contributed by atoms with van der Waals surface area (Å²) < 4.78 is 11.2. The van der Waals surface area contributed by atoms with Gasteiger partial charge in [-0.1, -0.05) is 11.8 Å². The van der Waals surface area contributed by atoms with Crippen LogP contribution >= 0.6 is 11.8 Å². The zero-order valence-corrected chi connectivity index (χ0v) is 17.4. The molecule has 2 aliphatic rings. The fourth-order valence-electron chi connectivity index (χ4n) is 3.30. The Balaban J connectivity index is 1.69. The molecule has 6 nitrogen and oxygen atoms in total. The van der Waals surface area contributed by atoms with E-state index in [1.165, 1.54) is 0 Å². The van der Waals surface area contributed by atoms with Gasteiger partial charge in [0.25, 0.3) is 0 Å². The minimum Gasteiger partial charge on any atom is -0.464 e. The number of rotatable bonds is 10. The summed E-state index contributed by atoms with van der Waals surface area (Å²) in [6, 6.07) is 0.612. The summed E-state index contributed by atoms with van der Waals surface area (Å²) in [5.74, 6) is 1.28. The highest BCUT2D eigenvalue weighted by Crippen LogP contribution is 2.21. The Morgan fingerprint density at radius 2 is 2.15 bits per heavy atom. The molecule has 0 amide bonds. The molecule has 1 saturated heterocycles. The molecule has 1 fully saturated rings. The number of hydrogen-bond acceptors (Lipinski definition) is 7. The number of esters is 1. The van der Waals surface area contributed by atoms with E-state index in [0.717, 1.165) is 56.4 Å². The predicted molar refractivity (Wildman–Crippen MR) is 108 cm³/mol. The summed E-state index contributed by atoms with van der Waals surface area (Å²) in [7, 11) is 0. The lowest BCUT2D eigenvalue weighted by Crippen LogP contribution is -2.40. The fourth-order valence-corrected chi connectivity index (χ4v) is 4.19. The minimum absolute atomic E-state index is 0.214. The van der Waals surface area contributed by atoms with Gasteiger partial charge in [-0.15, -0.1) is 0 Å². The Morgan fingerprint density at radius 1 is 1.38 bits per heavy atom. The number of hydrogen-bond donors (Lipinski definition) is 1. The molecular formula is C19H35N3O3S. The highest BCUT2D eigenvalue weighted by Gasteiger charge is 2.25. The van der Waals surface area contributed by atoms with Crippen molar-refractivity contribution in [2.24, 2.45) is 10.9 Å². The lowest BCUT2D eigenvalue weighted by Gasteiger charge is -2.34. The van der Waals surface area contributed by atoms with Gasteiger partial charge in [-0.25, -0.2) is 4.79 Å². The van der Waals surface area contributed by atoms with Gasteiger partial charge in [0.1, 0.15) is 0 Å². The van der Waals surface area contributed by atoms with E-state index in [0.29, 0.717) is 31.6 Å². The van der Waals surface area contributed by atoms with Gasteiger partial charge >= 0.3 is 5.97 Å². The maximum Gasteiger partial charge on any atom is 0.335 e. The topological polar surface area (TPSA) is 63.2 Å². The van der Waals surface area contributed by atoms with Gasteiger partial charge in [0.2, 0.25) is 0 Å². The molecule has 2 heterocycles. The number of carbonyl (C=O) groups is 1. The second-order valence-electron chi connectivity index (χ2n) is 7.25. The molecule has 26 heavy (non-hydrogen) atoms. The molecule has 1 atom stereocenters. The lowest BCUT2D eigenvalue weighted by molar-refractivity contribution is -0.158. The molecule has 0 bridgehead atoms. The number of nitrogens with one attached hydrogen (secondary N) is 1. The summed E-state index contributed by atoms with van der Waals surface area (Å²) in [5, 5.41) is 4.28. The molecule has 1 N–H and O–H groups in total. The van der Waals surface area contributed by atoms with Crippen LogP contribution in [0.4, 0.5) is 0 Å². The predicted octanol–water partition coefficient (Wildman–Crippen LogP) is 2.53. The van der Waals surface area contributed by atoms with Gasteiger partial charge in [0, 0.05) is 18.3 Å². The van der Waals surface area contributed by atoms with Crippen LogP contribution in [-0.4, -0.2) is 73.3 Å². The summed E-state index contributed by atoms with van der Waals surface area (Å²) in [6.45, 7) is 11.5. The van der Waals surface area contributed by atoms with Crippen molar-refractivity contribution < 1.29 is 14.3 Å². The van der Waals surface area contributed by atoms with Gasteiger partial charge in [-0.05, 0) is 65.5 Å². The van der Waals surface area contributed by atoms with Crippen LogP contribution in [0.3, 0.4) is 0 Å². The number of ether oxygens (including phenoxy) is 2. The van der Waals surface area contributed by atoms with Crippen molar-refractivity contribution in [2.75, 3.05) is 45.1 Å². The molecule has 7 heteroatoms. The molecular weight excluding hydrogens is 350 g/mol. The molecule has 2 aliphatic heterocycles. The van der Waals surface area contributed by atoms with Crippen molar-refractivity contribution in [1.82, 2.24) is 10.2 Å². The van der Waals surface area contributed by atoms with E-state index in [9.17, 15) is 4.79 Å². The number of piperidine rings is 1. The van der Waals surface area contributed by atoms with Gasteiger partial charge in [0.15, 0.2) is 11.3 Å². The third-order valence-electron chi connectivity index (χ3n) is 4.95. The fraction of sp³-hybridized carbons (Fsp3) is 0.895. The van der Waals surface area contributed by atoms with Crippen LogP contribution in [0.15, 0.2) is 4.99 Å². The molecule has 0 aromatic heterocycles. The Hall–Kier alpha value is -0.790. The second-order valence-corrected chi connectivity index (χ2v) is 8.34. The van der Waals surface area contributed by atoms with Crippen molar-refractivity contribution in [3.63, 3.8) is 0 Å². The van der Waals surface area contributed by atoms with Crippen LogP contribution < -0.4 is 5.32 Å². The van der Waals surface area contributed by atoms with E-state index < -0.39 is 6.10 Å². The first-order valence-electron chi connectivity index (χ1n) is 10.0. The van der Waals surface area contributed by atoms with Crippen molar-refractivity contribution >= 4 is 22.9 Å². The molecule has 0 saturated carbocycles. The monoisotopic (exact) mass is 385 g/mol. The van der Waals surface area contributed by atoms with Crippen molar-refractivity contribution in [2.45, 2.75) is 58.6 Å². The van der Waals surface area contributed by atoms with Crippen molar-refractivity contribution in [1.29, 1.82) is 0 Å². The van der Waals surface area contributed by atoms with E-state index in [4.69, 9.17) is 9.47 Å². The lowest BCUT2D eigenvalue weighted by atomic mass is 9.97. The molecule has 150 valence electrons. The SMILES string of the molecule is CCOC(=O)C(CCCSC1=NCCN1)OCC1CCN(C(C)C)CC1. The largest absolute Gasteiger partial charge is 0.464 e. The Labute approximate surface area is 162 Å². The van der Waals surface area contributed by atoms with Crippen LogP contribution in [0, 0.1) is 5.92 Å². The summed E-state index contributed by atoms with van der Waals surface area (Å²) in [5.41, 5.74) is 0. The van der Waals surface area contributed by atoms with E-state index in [2.05, 4.69) is 29.1 Å². The van der Waals surface area contributed by atoms with Gasteiger partial charge in [0.05, 0.1) is 19.8 Å². The quantitative estimate of drug-likeness (QED) is 0.461. The normalized spacial score (nSPS) is 20.1. The molecule has 0 spiro atoms. The molecule has 0 aliphatic carbocycles. The van der Waals surface area contributed by atoms with E-state index in [1.807, 2.05) is 6.92 Å². The van der Waals surface area contributed by atoms with Crippen molar-refractivity contribution in [3.05, 3.63) is 0 Å². The van der Waals surface area contributed by atoms with Crippen LogP contribution in [0.1, 0.15) is 46.5 Å². The average molecular weight is 386 g/mol. The molecule has 1 unspecified atom stereocenters. The summed E-state index contributed by atoms with van der Waals surface area (Å²) in [4.78, 5) is 19.1. The van der Waals surface area contributed by atoms with Gasteiger partial charge in [-0.3, -0.25) is 4.99 Å². The van der Waals surface area contributed by atoms with Gasteiger partial charge < -0.3 is 19.7 Å². The number of thioether (sulfide) groups is 1. The first kappa shape index (κ1) is 21.5. The summed E-state index contributed by atoms with van der Waals surface area (Å²) >= 11 is 1.73. The molecule has 2 rings (SSSR count). The highest BCUT2D eigenvalue weighted by atomic mass is 32.2. The third kappa shape index (κ3) is 7.45. The van der Waals surface area contributed by atoms with Crippen LogP contribution in [-0.2, 0) is 14.3 Å². The van der Waals surface area contributed by atoms with E-state index in [1.54, 1.807) is 11.8 Å². The number of nitrogens with zero attached hydrogens (tertiary/aromatic N) is 2. The molecule has 0 aromatic carbocycles. The first-order valence-corrected chi connectivity index (χ1v) is 11.0. The Morgan fingerprint density at radius 3 is 2.77 bits per heavy atom. The Kier molecular flexibility index (Phi) is 9.78. The third-order valence-corrected chi connectivity index (χ3v) is 5.99. The van der Waals surface area contributed by atoms with Crippen LogP contribution in [0.25, 0.3) is 0 Å². The zero-order valence-electron chi connectivity index (χ0n) is 16.5. The number of likely N-dealkylation sites (tertiary alicyclic amines) is 1. The van der Waals surface area contributed by atoms with E-state index >= 15 is 0 Å². The Bertz CT molecular complexity index is 451. The second kappa shape index (κ2) is 11.8. The smallest absolute Gasteiger partial charge is 0.335 e. The molecule has 0 aromatic rings. The van der Waals surface area contributed by atoms with E-state index in [-0.39, 0.29) is 5.97 Å². The first-order chi connectivity index (χ1) is 12.6. The van der Waals surface area contributed by atoms with Gasteiger partial charge in [-0.2, -0.15) is 0 Å². The maximum absolute atomic E-state index is 12.2. The zero-order chi connectivity index (χ0) is 18.8. The minimum atomic E-state index is -0.433. The average Bonchev–Trinajstić information content (AvgIpc) is 3.15. The number of amidine groups is 1.